The predicted molar refractivity (Wildman–Crippen MR) is 73.1 cm³/mol. The Morgan fingerprint density at radius 2 is 2.06 bits per heavy atom. The molecule has 0 aliphatic carbocycles. The average molecular weight is 246 g/mol. The van der Waals surface area contributed by atoms with Crippen LogP contribution in [0.15, 0.2) is 18.2 Å². The quantitative estimate of drug-likeness (QED) is 0.817. The summed E-state index contributed by atoms with van der Waals surface area (Å²) in [4.78, 5) is 2.55. The van der Waals surface area contributed by atoms with E-state index in [1.165, 1.54) is 24.0 Å². The summed E-state index contributed by atoms with van der Waals surface area (Å²) >= 11 is 0. The third kappa shape index (κ3) is 1.65. The SMILES string of the molecule is COc1cccc2c1CCN(C)C21CCNCC1. The van der Waals surface area contributed by atoms with Crippen molar-refractivity contribution >= 4 is 0 Å². The van der Waals surface area contributed by atoms with Gasteiger partial charge in [0.05, 0.1) is 7.11 Å². The first-order chi connectivity index (χ1) is 8.78. The maximum atomic E-state index is 5.55. The Bertz CT molecular complexity index is 438. The van der Waals surface area contributed by atoms with Gasteiger partial charge in [-0.25, -0.2) is 0 Å². The van der Waals surface area contributed by atoms with E-state index >= 15 is 0 Å². The highest BCUT2D eigenvalue weighted by atomic mass is 16.5. The number of fused-ring (bicyclic) bond motifs is 2. The molecule has 2 aliphatic heterocycles. The summed E-state index contributed by atoms with van der Waals surface area (Å²) in [7, 11) is 4.05. The fourth-order valence-corrected chi connectivity index (χ4v) is 3.64. The van der Waals surface area contributed by atoms with E-state index in [-0.39, 0.29) is 5.54 Å². The normalized spacial score (nSPS) is 22.8. The highest BCUT2D eigenvalue weighted by Gasteiger charge is 2.42. The Kier molecular flexibility index (Phi) is 3.04. The molecule has 1 aromatic carbocycles. The summed E-state index contributed by atoms with van der Waals surface area (Å²) in [6.07, 6.45) is 3.50. The van der Waals surface area contributed by atoms with E-state index in [1.54, 1.807) is 7.11 Å². The van der Waals surface area contributed by atoms with Gasteiger partial charge in [0.2, 0.25) is 0 Å². The first-order valence-electron chi connectivity index (χ1n) is 6.86. The van der Waals surface area contributed by atoms with Crippen molar-refractivity contribution in [1.82, 2.24) is 10.2 Å². The highest BCUT2D eigenvalue weighted by molar-refractivity contribution is 5.46. The van der Waals surface area contributed by atoms with Gasteiger partial charge in [0.1, 0.15) is 5.75 Å². The minimum absolute atomic E-state index is 0.230. The van der Waals surface area contributed by atoms with Gasteiger partial charge in [-0.3, -0.25) is 4.90 Å². The zero-order chi connectivity index (χ0) is 12.6. The molecule has 1 spiro atoms. The number of rotatable bonds is 1. The number of nitrogens with one attached hydrogen (secondary N) is 1. The lowest BCUT2D eigenvalue weighted by molar-refractivity contribution is 0.0683. The number of ether oxygens (including phenoxy) is 1. The van der Waals surface area contributed by atoms with E-state index in [0.717, 1.165) is 31.8 Å². The number of nitrogens with zero attached hydrogens (tertiary/aromatic N) is 1. The molecule has 2 aliphatic rings. The number of hydrogen-bond acceptors (Lipinski definition) is 3. The molecule has 3 nitrogen and oxygen atoms in total. The van der Waals surface area contributed by atoms with Gasteiger partial charge in [0.15, 0.2) is 0 Å². The zero-order valence-corrected chi connectivity index (χ0v) is 11.3. The molecule has 0 aromatic heterocycles. The molecule has 0 bridgehead atoms. The van der Waals surface area contributed by atoms with Crippen molar-refractivity contribution in [2.24, 2.45) is 0 Å². The van der Waals surface area contributed by atoms with Gasteiger partial charge >= 0.3 is 0 Å². The Labute approximate surface area is 109 Å². The van der Waals surface area contributed by atoms with Crippen molar-refractivity contribution in [3.63, 3.8) is 0 Å². The standard InChI is InChI=1S/C15H22N2O/c1-17-11-6-12-13(4-3-5-14(12)18-2)15(17)7-9-16-10-8-15/h3-5,16H,6-11H2,1-2H3. The van der Waals surface area contributed by atoms with Crippen LogP contribution in [-0.2, 0) is 12.0 Å². The van der Waals surface area contributed by atoms with Crippen LogP contribution in [0.4, 0.5) is 0 Å². The molecule has 0 radical (unpaired) electrons. The van der Waals surface area contributed by atoms with Crippen LogP contribution in [0, 0.1) is 0 Å². The van der Waals surface area contributed by atoms with Gasteiger partial charge < -0.3 is 10.1 Å². The summed E-state index contributed by atoms with van der Waals surface area (Å²) < 4.78 is 5.55. The van der Waals surface area contributed by atoms with Gasteiger partial charge in [-0.2, -0.15) is 0 Å². The molecule has 0 saturated carbocycles. The minimum Gasteiger partial charge on any atom is -0.496 e. The molecule has 0 amide bonds. The molecular formula is C15H22N2O. The van der Waals surface area contributed by atoms with Gasteiger partial charge in [-0.1, -0.05) is 12.1 Å². The van der Waals surface area contributed by atoms with Crippen molar-refractivity contribution in [3.05, 3.63) is 29.3 Å². The molecule has 3 heteroatoms. The summed E-state index contributed by atoms with van der Waals surface area (Å²) in [5, 5.41) is 3.48. The summed E-state index contributed by atoms with van der Waals surface area (Å²) in [5.74, 6) is 1.07. The molecule has 1 saturated heterocycles. The first-order valence-corrected chi connectivity index (χ1v) is 6.86. The third-order valence-corrected chi connectivity index (χ3v) is 4.71. The van der Waals surface area contributed by atoms with E-state index in [0.29, 0.717) is 0 Å². The molecule has 1 aromatic rings. The Hall–Kier alpha value is -1.06. The Morgan fingerprint density at radius 1 is 1.28 bits per heavy atom. The van der Waals surface area contributed by atoms with Gasteiger partial charge in [0.25, 0.3) is 0 Å². The molecule has 0 unspecified atom stereocenters. The maximum Gasteiger partial charge on any atom is 0.122 e. The van der Waals surface area contributed by atoms with Crippen LogP contribution in [0.2, 0.25) is 0 Å². The van der Waals surface area contributed by atoms with Crippen LogP contribution in [0.5, 0.6) is 5.75 Å². The molecule has 0 atom stereocenters. The highest BCUT2D eigenvalue weighted by Crippen LogP contribution is 2.43. The van der Waals surface area contributed by atoms with Crippen molar-refractivity contribution in [1.29, 1.82) is 0 Å². The van der Waals surface area contributed by atoms with Crippen LogP contribution in [0.3, 0.4) is 0 Å². The maximum absolute atomic E-state index is 5.55. The van der Waals surface area contributed by atoms with Crippen molar-refractivity contribution in [2.45, 2.75) is 24.8 Å². The predicted octanol–water partition coefficient (Wildman–Crippen LogP) is 1.76. The number of piperidine rings is 1. The van der Waals surface area contributed by atoms with E-state index in [4.69, 9.17) is 4.74 Å². The second-order valence-corrected chi connectivity index (χ2v) is 5.44. The van der Waals surface area contributed by atoms with E-state index in [1.807, 2.05) is 0 Å². The van der Waals surface area contributed by atoms with Crippen LogP contribution in [0.25, 0.3) is 0 Å². The molecule has 1 fully saturated rings. The number of methoxy groups -OCH3 is 1. The van der Waals surface area contributed by atoms with Crippen LogP contribution < -0.4 is 10.1 Å². The first kappa shape index (κ1) is 12.0. The molecular weight excluding hydrogens is 224 g/mol. The zero-order valence-electron chi connectivity index (χ0n) is 11.3. The van der Waals surface area contributed by atoms with Gasteiger partial charge in [-0.05, 0) is 51.0 Å². The lowest BCUT2D eigenvalue weighted by atomic mass is 9.74. The number of likely N-dealkylation sites (N-methyl/N-ethyl adjacent to an activating group) is 1. The van der Waals surface area contributed by atoms with E-state index in [2.05, 4.69) is 35.5 Å². The van der Waals surface area contributed by atoms with Crippen LogP contribution >= 0.6 is 0 Å². The van der Waals surface area contributed by atoms with Crippen molar-refractivity contribution in [2.75, 3.05) is 33.8 Å². The van der Waals surface area contributed by atoms with E-state index < -0.39 is 0 Å². The molecule has 2 heterocycles. The summed E-state index contributed by atoms with van der Waals surface area (Å²) in [6, 6.07) is 6.54. The fourth-order valence-electron chi connectivity index (χ4n) is 3.64. The summed E-state index contributed by atoms with van der Waals surface area (Å²) in [6.45, 7) is 3.36. The largest absolute Gasteiger partial charge is 0.496 e. The molecule has 1 N–H and O–H groups in total. The second kappa shape index (κ2) is 4.56. The molecule has 3 rings (SSSR count). The lowest BCUT2D eigenvalue weighted by Gasteiger charge is -2.49. The molecule has 98 valence electrons. The topological polar surface area (TPSA) is 24.5 Å². The third-order valence-electron chi connectivity index (χ3n) is 4.71. The Balaban J connectivity index is 2.11. The average Bonchev–Trinajstić information content (AvgIpc) is 2.44. The Morgan fingerprint density at radius 3 is 2.78 bits per heavy atom. The minimum atomic E-state index is 0.230. The van der Waals surface area contributed by atoms with Crippen LogP contribution in [0.1, 0.15) is 24.0 Å². The van der Waals surface area contributed by atoms with Gasteiger partial charge in [-0.15, -0.1) is 0 Å². The number of hydrogen-bond donors (Lipinski definition) is 1. The van der Waals surface area contributed by atoms with Crippen LogP contribution in [-0.4, -0.2) is 38.7 Å². The van der Waals surface area contributed by atoms with Gasteiger partial charge in [0, 0.05) is 17.6 Å². The molecule has 18 heavy (non-hydrogen) atoms. The lowest BCUT2D eigenvalue weighted by Crippen LogP contribution is -2.53. The van der Waals surface area contributed by atoms with E-state index in [9.17, 15) is 0 Å². The smallest absolute Gasteiger partial charge is 0.122 e. The fraction of sp³-hybridized carbons (Fsp3) is 0.600. The van der Waals surface area contributed by atoms with Crippen molar-refractivity contribution in [3.8, 4) is 5.75 Å². The number of benzene rings is 1. The van der Waals surface area contributed by atoms with Crippen molar-refractivity contribution < 1.29 is 4.74 Å². The monoisotopic (exact) mass is 246 g/mol. The summed E-state index contributed by atoms with van der Waals surface area (Å²) in [5.41, 5.74) is 3.16. The second-order valence-electron chi connectivity index (χ2n) is 5.44.